The number of hydrogen-bond acceptors (Lipinski definition) is 5. The van der Waals surface area contributed by atoms with Crippen LogP contribution in [0.25, 0.3) is 0 Å². The number of phenolic OH excluding ortho intramolecular Hbond substituents is 1. The second-order valence-electron chi connectivity index (χ2n) is 6.23. The van der Waals surface area contributed by atoms with E-state index in [1.165, 1.54) is 23.1 Å². The number of nitrogens with one attached hydrogen (secondary N) is 1. The molecular weight excluding hydrogens is 336 g/mol. The number of nitrogens with zero attached hydrogens (tertiary/aromatic N) is 1. The highest BCUT2D eigenvalue weighted by molar-refractivity contribution is 7.14. The van der Waals surface area contributed by atoms with Crippen LogP contribution in [0.15, 0.2) is 29.4 Å². The third kappa shape index (κ3) is 4.02. The molecule has 5 nitrogen and oxygen atoms in total. The summed E-state index contributed by atoms with van der Waals surface area (Å²) in [5, 5.41) is 14.1. The molecule has 132 valence electrons. The first-order chi connectivity index (χ1) is 12.1. The second-order valence-corrected chi connectivity index (χ2v) is 7.37. The first-order valence-corrected chi connectivity index (χ1v) is 9.30. The van der Waals surface area contributed by atoms with E-state index in [0.29, 0.717) is 28.7 Å². The Kier molecular flexibility index (Phi) is 5.38. The number of aromatic hydroxyl groups is 1. The molecule has 3 rings (SSSR count). The Bertz CT molecular complexity index is 798. The lowest BCUT2D eigenvalue weighted by atomic mass is 9.90. The quantitative estimate of drug-likeness (QED) is 0.632. The van der Waals surface area contributed by atoms with Crippen molar-refractivity contribution in [2.24, 2.45) is 11.0 Å². The zero-order chi connectivity index (χ0) is 17.8. The van der Waals surface area contributed by atoms with Gasteiger partial charge < -0.3 is 9.84 Å². The first-order valence-electron chi connectivity index (χ1n) is 8.48. The number of benzene rings is 1. The fraction of sp³-hybridized carbons (Fsp3) is 0.368. The maximum absolute atomic E-state index is 12.3. The number of aryl methyl sites for hydroxylation is 1. The van der Waals surface area contributed by atoms with Crippen molar-refractivity contribution >= 4 is 23.5 Å². The average Bonchev–Trinajstić information content (AvgIpc) is 3.01. The standard InChI is InChI=1S/C19H22N2O3S/c1-3-24-15-6-4-5-13(18(15)22)11-20-21-19(23)17-10-14-9-12(2)7-8-16(14)25-17/h4-6,10-12,22H,3,7-9H2,1-2H3,(H,21,23)/b20-11+/t12-/m1/s1. The molecule has 0 radical (unpaired) electrons. The molecule has 2 N–H and O–H groups in total. The van der Waals surface area contributed by atoms with Gasteiger partial charge in [-0.15, -0.1) is 11.3 Å². The molecule has 1 aliphatic carbocycles. The van der Waals surface area contributed by atoms with Crippen molar-refractivity contribution in [1.82, 2.24) is 5.43 Å². The molecule has 1 atom stereocenters. The van der Waals surface area contributed by atoms with E-state index in [0.717, 1.165) is 12.8 Å². The summed E-state index contributed by atoms with van der Waals surface area (Å²) in [7, 11) is 0. The molecule has 0 saturated carbocycles. The minimum absolute atomic E-state index is 0.0166. The molecule has 0 unspecified atom stereocenters. The number of amides is 1. The molecule has 1 aliphatic rings. The number of carbonyl (C=O) groups excluding carboxylic acids is 1. The Morgan fingerprint density at radius 1 is 1.52 bits per heavy atom. The average molecular weight is 358 g/mol. The number of para-hydroxylation sites is 1. The Morgan fingerprint density at radius 2 is 2.36 bits per heavy atom. The van der Waals surface area contributed by atoms with Crippen molar-refractivity contribution in [2.75, 3.05) is 6.61 Å². The highest BCUT2D eigenvalue weighted by Gasteiger charge is 2.20. The predicted octanol–water partition coefficient (Wildman–Crippen LogP) is 3.74. The molecule has 1 aromatic carbocycles. The first kappa shape index (κ1) is 17.5. The van der Waals surface area contributed by atoms with Gasteiger partial charge in [-0.1, -0.05) is 13.0 Å². The minimum atomic E-state index is -0.219. The molecule has 1 heterocycles. The largest absolute Gasteiger partial charge is 0.504 e. The predicted molar refractivity (Wildman–Crippen MR) is 99.8 cm³/mol. The van der Waals surface area contributed by atoms with Crippen molar-refractivity contribution in [3.63, 3.8) is 0 Å². The van der Waals surface area contributed by atoms with Gasteiger partial charge in [0.15, 0.2) is 11.5 Å². The monoisotopic (exact) mass is 358 g/mol. The molecule has 25 heavy (non-hydrogen) atoms. The van der Waals surface area contributed by atoms with Crippen molar-refractivity contribution in [2.45, 2.75) is 33.1 Å². The van der Waals surface area contributed by atoms with Gasteiger partial charge in [0, 0.05) is 10.4 Å². The summed E-state index contributed by atoms with van der Waals surface area (Å²) in [6.07, 6.45) is 4.70. The SMILES string of the molecule is CCOc1cccc(/C=N/NC(=O)c2cc3c(s2)CC[C@@H](C)C3)c1O. The number of hydrazone groups is 1. The third-order valence-electron chi connectivity index (χ3n) is 4.25. The third-order valence-corrected chi connectivity index (χ3v) is 5.49. The van der Waals surface area contributed by atoms with Crippen molar-refractivity contribution in [3.8, 4) is 11.5 Å². The smallest absolute Gasteiger partial charge is 0.281 e. The molecule has 6 heteroatoms. The van der Waals surface area contributed by atoms with Gasteiger partial charge in [-0.3, -0.25) is 4.79 Å². The van der Waals surface area contributed by atoms with E-state index in [1.807, 2.05) is 13.0 Å². The summed E-state index contributed by atoms with van der Waals surface area (Å²) in [6, 6.07) is 7.14. The fourth-order valence-electron chi connectivity index (χ4n) is 2.95. The van der Waals surface area contributed by atoms with Gasteiger partial charge in [-0.05, 0) is 55.9 Å². The van der Waals surface area contributed by atoms with Crippen LogP contribution in [0.3, 0.4) is 0 Å². The van der Waals surface area contributed by atoms with E-state index in [9.17, 15) is 9.90 Å². The number of phenols is 1. The van der Waals surface area contributed by atoms with Gasteiger partial charge in [0.1, 0.15) is 0 Å². The Morgan fingerprint density at radius 3 is 3.16 bits per heavy atom. The van der Waals surface area contributed by atoms with Gasteiger partial charge in [0.25, 0.3) is 5.91 Å². The van der Waals surface area contributed by atoms with Crippen LogP contribution < -0.4 is 10.2 Å². The van der Waals surface area contributed by atoms with Gasteiger partial charge >= 0.3 is 0 Å². The van der Waals surface area contributed by atoms with Crippen LogP contribution in [-0.4, -0.2) is 23.8 Å². The van der Waals surface area contributed by atoms with Gasteiger partial charge in [-0.2, -0.15) is 5.10 Å². The van der Waals surface area contributed by atoms with Crippen LogP contribution in [0.5, 0.6) is 11.5 Å². The molecule has 0 spiro atoms. The summed E-state index contributed by atoms with van der Waals surface area (Å²) >= 11 is 1.55. The van der Waals surface area contributed by atoms with Crippen LogP contribution in [0.1, 0.15) is 45.9 Å². The van der Waals surface area contributed by atoms with E-state index >= 15 is 0 Å². The lowest BCUT2D eigenvalue weighted by Crippen LogP contribution is -2.16. The van der Waals surface area contributed by atoms with E-state index in [4.69, 9.17) is 4.74 Å². The maximum atomic E-state index is 12.3. The lowest BCUT2D eigenvalue weighted by molar-refractivity contribution is 0.0959. The highest BCUT2D eigenvalue weighted by Crippen LogP contribution is 2.32. The number of carbonyl (C=O) groups is 1. The van der Waals surface area contributed by atoms with Crippen molar-refractivity contribution < 1.29 is 14.6 Å². The summed E-state index contributed by atoms with van der Waals surface area (Å²) < 4.78 is 5.33. The Labute approximate surface area is 151 Å². The molecule has 0 fully saturated rings. The highest BCUT2D eigenvalue weighted by atomic mass is 32.1. The maximum Gasteiger partial charge on any atom is 0.281 e. The molecule has 1 aromatic heterocycles. The van der Waals surface area contributed by atoms with Gasteiger partial charge in [0.2, 0.25) is 0 Å². The van der Waals surface area contributed by atoms with E-state index < -0.39 is 0 Å². The molecule has 1 amide bonds. The van der Waals surface area contributed by atoms with Crippen molar-refractivity contribution in [3.05, 3.63) is 45.1 Å². The summed E-state index contributed by atoms with van der Waals surface area (Å²) in [4.78, 5) is 14.3. The number of fused-ring (bicyclic) bond motifs is 1. The summed E-state index contributed by atoms with van der Waals surface area (Å²) in [5.74, 6) is 0.876. The van der Waals surface area contributed by atoms with Gasteiger partial charge in [-0.25, -0.2) is 5.43 Å². The Hall–Kier alpha value is -2.34. The molecule has 0 aliphatic heterocycles. The zero-order valence-corrected chi connectivity index (χ0v) is 15.2. The van der Waals surface area contributed by atoms with Crippen LogP contribution in [0.2, 0.25) is 0 Å². The van der Waals surface area contributed by atoms with Crippen LogP contribution in [0, 0.1) is 5.92 Å². The summed E-state index contributed by atoms with van der Waals surface area (Å²) in [6.45, 7) is 4.56. The number of hydrogen-bond donors (Lipinski definition) is 2. The molecular formula is C19H22N2O3S. The Balaban J connectivity index is 1.66. The van der Waals surface area contributed by atoms with Gasteiger partial charge in [0.05, 0.1) is 17.7 Å². The lowest BCUT2D eigenvalue weighted by Gasteiger charge is -2.16. The van der Waals surface area contributed by atoms with E-state index in [2.05, 4.69) is 17.5 Å². The van der Waals surface area contributed by atoms with Crippen molar-refractivity contribution in [1.29, 1.82) is 0 Å². The minimum Gasteiger partial charge on any atom is -0.504 e. The number of rotatable bonds is 5. The normalized spacial score (nSPS) is 16.6. The second kappa shape index (κ2) is 7.70. The fourth-order valence-corrected chi connectivity index (χ4v) is 4.05. The van der Waals surface area contributed by atoms with Crippen LogP contribution in [-0.2, 0) is 12.8 Å². The van der Waals surface area contributed by atoms with E-state index in [-0.39, 0.29) is 11.7 Å². The number of ether oxygens (including phenoxy) is 1. The van der Waals surface area contributed by atoms with E-state index in [1.54, 1.807) is 29.5 Å². The zero-order valence-electron chi connectivity index (χ0n) is 14.4. The van der Waals surface area contributed by atoms with Crippen LogP contribution in [0.4, 0.5) is 0 Å². The number of thiophene rings is 1. The summed E-state index contributed by atoms with van der Waals surface area (Å²) in [5.41, 5.74) is 4.32. The molecule has 0 bridgehead atoms. The molecule has 0 saturated heterocycles. The van der Waals surface area contributed by atoms with Crippen LogP contribution >= 0.6 is 11.3 Å². The molecule has 2 aromatic rings. The topological polar surface area (TPSA) is 70.9 Å².